The van der Waals surface area contributed by atoms with Crippen molar-refractivity contribution in [3.05, 3.63) is 57.9 Å². The molecule has 0 unspecified atom stereocenters. The van der Waals surface area contributed by atoms with Crippen molar-refractivity contribution < 1.29 is 18.8 Å². The minimum Gasteiger partial charge on any atom is -0.478 e. The first-order valence-corrected chi connectivity index (χ1v) is 7.74. The van der Waals surface area contributed by atoms with Crippen molar-refractivity contribution in [2.24, 2.45) is 0 Å². The average Bonchev–Trinajstić information content (AvgIpc) is 3.00. The molecule has 0 saturated carbocycles. The van der Waals surface area contributed by atoms with Crippen LogP contribution < -0.4 is 0 Å². The van der Waals surface area contributed by atoms with E-state index >= 15 is 0 Å². The van der Waals surface area contributed by atoms with Crippen LogP contribution in [0.3, 0.4) is 0 Å². The second kappa shape index (κ2) is 6.12. The van der Waals surface area contributed by atoms with Crippen molar-refractivity contribution in [1.29, 1.82) is 0 Å². The minimum atomic E-state index is -1.02. The quantitative estimate of drug-likeness (QED) is 0.761. The lowest BCUT2D eigenvalue weighted by molar-refractivity contribution is 0.0696. The van der Waals surface area contributed by atoms with Crippen LogP contribution >= 0.6 is 0 Å². The summed E-state index contributed by atoms with van der Waals surface area (Å²) in [4.78, 5) is 15.8. The summed E-state index contributed by atoms with van der Waals surface area (Å²) in [5.41, 5.74) is 4.01. The highest BCUT2D eigenvalue weighted by Gasteiger charge is 2.21. The number of rotatable bonds is 3. The topological polar surface area (TPSA) is 76.2 Å². The summed E-state index contributed by atoms with van der Waals surface area (Å²) in [6.45, 7) is 7.18. The van der Waals surface area contributed by atoms with E-state index in [1.54, 1.807) is 32.0 Å². The molecule has 0 atom stereocenters. The van der Waals surface area contributed by atoms with Crippen LogP contribution in [-0.4, -0.2) is 21.2 Å². The lowest BCUT2D eigenvalue weighted by Gasteiger charge is -2.12. The van der Waals surface area contributed by atoms with Gasteiger partial charge in [-0.05, 0) is 68.1 Å². The first-order chi connectivity index (χ1) is 11.8. The number of nitrogens with zero attached hydrogens (tertiary/aromatic N) is 2. The van der Waals surface area contributed by atoms with Gasteiger partial charge in [-0.2, -0.15) is 4.98 Å². The Morgan fingerprint density at radius 1 is 1.12 bits per heavy atom. The van der Waals surface area contributed by atoms with E-state index in [1.165, 1.54) is 6.07 Å². The van der Waals surface area contributed by atoms with Gasteiger partial charge >= 0.3 is 5.97 Å². The van der Waals surface area contributed by atoms with Gasteiger partial charge in [0.1, 0.15) is 5.82 Å². The molecular weight excluding hydrogens is 323 g/mol. The number of hydrogen-bond acceptors (Lipinski definition) is 4. The van der Waals surface area contributed by atoms with E-state index in [-0.39, 0.29) is 22.8 Å². The zero-order valence-corrected chi connectivity index (χ0v) is 14.3. The summed E-state index contributed by atoms with van der Waals surface area (Å²) in [5, 5.41) is 13.3. The molecule has 0 bridgehead atoms. The minimum absolute atomic E-state index is 0.0599. The molecule has 6 heteroatoms. The fraction of sp³-hybridized carbons (Fsp3) is 0.211. The Labute approximate surface area is 144 Å². The second-order valence-electron chi connectivity index (χ2n) is 6.08. The lowest BCUT2D eigenvalue weighted by atomic mass is 9.93. The highest BCUT2D eigenvalue weighted by Crippen LogP contribution is 2.32. The van der Waals surface area contributed by atoms with Gasteiger partial charge < -0.3 is 9.63 Å². The van der Waals surface area contributed by atoms with Crippen molar-refractivity contribution in [3.8, 4) is 22.8 Å². The van der Waals surface area contributed by atoms with E-state index in [4.69, 9.17) is 4.52 Å². The third-order valence-corrected chi connectivity index (χ3v) is 4.34. The molecule has 0 aliphatic carbocycles. The summed E-state index contributed by atoms with van der Waals surface area (Å²) in [7, 11) is 0. The van der Waals surface area contributed by atoms with Crippen LogP contribution in [0.5, 0.6) is 0 Å². The smallest absolute Gasteiger partial charge is 0.335 e. The predicted molar refractivity (Wildman–Crippen MR) is 91.0 cm³/mol. The van der Waals surface area contributed by atoms with Gasteiger partial charge in [0.2, 0.25) is 5.82 Å². The molecule has 3 aromatic rings. The molecule has 0 amide bonds. The SMILES string of the molecule is Cc1ccc(-c2nc(-c3c(C)c(C)cc(C(=O)O)c3C)no2)c(F)c1. The largest absolute Gasteiger partial charge is 0.478 e. The van der Waals surface area contributed by atoms with Gasteiger partial charge in [-0.15, -0.1) is 0 Å². The summed E-state index contributed by atoms with van der Waals surface area (Å²) in [5.74, 6) is -1.16. The number of hydrogen-bond donors (Lipinski definition) is 1. The third kappa shape index (κ3) is 2.91. The number of aromatic carboxylic acids is 1. The van der Waals surface area contributed by atoms with Crippen molar-refractivity contribution in [1.82, 2.24) is 10.1 Å². The Bertz CT molecular complexity index is 993. The molecule has 1 aromatic heterocycles. The molecule has 128 valence electrons. The molecule has 0 fully saturated rings. The van der Waals surface area contributed by atoms with Crippen molar-refractivity contribution >= 4 is 5.97 Å². The molecule has 0 aliphatic rings. The van der Waals surface area contributed by atoms with E-state index in [0.29, 0.717) is 11.1 Å². The van der Waals surface area contributed by atoms with E-state index in [9.17, 15) is 14.3 Å². The Morgan fingerprint density at radius 2 is 1.84 bits per heavy atom. The van der Waals surface area contributed by atoms with E-state index < -0.39 is 11.8 Å². The number of carbonyl (C=O) groups is 1. The van der Waals surface area contributed by atoms with Crippen LogP contribution in [0.25, 0.3) is 22.8 Å². The van der Waals surface area contributed by atoms with Crippen LogP contribution in [0, 0.1) is 33.5 Å². The fourth-order valence-corrected chi connectivity index (χ4v) is 2.83. The van der Waals surface area contributed by atoms with E-state index in [0.717, 1.165) is 16.7 Å². The summed E-state index contributed by atoms with van der Waals surface area (Å²) in [6.07, 6.45) is 0. The molecule has 2 aromatic carbocycles. The van der Waals surface area contributed by atoms with Crippen molar-refractivity contribution in [2.75, 3.05) is 0 Å². The maximum Gasteiger partial charge on any atom is 0.335 e. The molecule has 0 saturated heterocycles. The highest BCUT2D eigenvalue weighted by atomic mass is 19.1. The maximum atomic E-state index is 14.1. The maximum absolute atomic E-state index is 14.1. The monoisotopic (exact) mass is 340 g/mol. The Hall–Kier alpha value is -3.02. The van der Waals surface area contributed by atoms with Gasteiger partial charge in [-0.25, -0.2) is 9.18 Å². The number of benzene rings is 2. The number of carboxylic acids is 1. The molecule has 3 rings (SSSR count). The number of aryl methyl sites for hydroxylation is 2. The highest BCUT2D eigenvalue weighted by molar-refractivity contribution is 5.92. The Kier molecular flexibility index (Phi) is 4.12. The molecule has 0 aliphatic heterocycles. The third-order valence-electron chi connectivity index (χ3n) is 4.34. The number of halogens is 1. The predicted octanol–water partition coefficient (Wildman–Crippen LogP) is 4.47. The summed E-state index contributed by atoms with van der Waals surface area (Å²) < 4.78 is 19.4. The van der Waals surface area contributed by atoms with Gasteiger partial charge in [0.15, 0.2) is 0 Å². The van der Waals surface area contributed by atoms with Crippen LogP contribution in [0.4, 0.5) is 4.39 Å². The lowest BCUT2D eigenvalue weighted by Crippen LogP contribution is -2.05. The summed E-state index contributed by atoms with van der Waals surface area (Å²) in [6, 6.07) is 6.36. The van der Waals surface area contributed by atoms with Crippen molar-refractivity contribution in [3.63, 3.8) is 0 Å². The van der Waals surface area contributed by atoms with Crippen LogP contribution in [0.2, 0.25) is 0 Å². The first-order valence-electron chi connectivity index (χ1n) is 7.74. The molecular formula is C19H17FN2O3. The standard InChI is InChI=1S/C19H17FN2O3/c1-9-5-6-13(15(20)7-9)18-21-17(22-25-18)16-11(3)10(2)8-14(12(16)4)19(23)24/h5-8H,1-4H3,(H,23,24). The van der Waals surface area contributed by atoms with Crippen LogP contribution in [0.1, 0.15) is 32.6 Å². The molecule has 1 heterocycles. The molecule has 25 heavy (non-hydrogen) atoms. The zero-order chi connectivity index (χ0) is 18.3. The van der Waals surface area contributed by atoms with E-state index in [1.807, 2.05) is 13.8 Å². The number of aromatic nitrogens is 2. The van der Waals surface area contributed by atoms with Gasteiger partial charge in [0.25, 0.3) is 5.89 Å². The number of carboxylic acid groups (broad SMARTS) is 1. The normalized spacial score (nSPS) is 10.9. The Morgan fingerprint density at radius 3 is 2.48 bits per heavy atom. The van der Waals surface area contributed by atoms with Gasteiger partial charge in [0, 0.05) is 5.56 Å². The van der Waals surface area contributed by atoms with Crippen LogP contribution in [-0.2, 0) is 0 Å². The zero-order valence-electron chi connectivity index (χ0n) is 14.3. The molecule has 1 N–H and O–H groups in total. The van der Waals surface area contributed by atoms with Crippen LogP contribution in [0.15, 0.2) is 28.8 Å². The average molecular weight is 340 g/mol. The second-order valence-corrected chi connectivity index (χ2v) is 6.08. The molecule has 5 nitrogen and oxygen atoms in total. The van der Waals surface area contributed by atoms with Gasteiger partial charge in [-0.1, -0.05) is 11.2 Å². The van der Waals surface area contributed by atoms with E-state index in [2.05, 4.69) is 10.1 Å². The van der Waals surface area contributed by atoms with Gasteiger partial charge in [-0.3, -0.25) is 0 Å². The molecule has 0 radical (unpaired) electrons. The Balaban J connectivity index is 2.16. The fourth-order valence-electron chi connectivity index (χ4n) is 2.83. The first kappa shape index (κ1) is 16.8. The summed E-state index contributed by atoms with van der Waals surface area (Å²) >= 11 is 0. The molecule has 0 spiro atoms. The van der Waals surface area contributed by atoms with Gasteiger partial charge in [0.05, 0.1) is 11.1 Å². The van der Waals surface area contributed by atoms with Crippen molar-refractivity contribution in [2.45, 2.75) is 27.7 Å².